The van der Waals surface area contributed by atoms with E-state index in [4.69, 9.17) is 4.74 Å². The van der Waals surface area contributed by atoms with Gasteiger partial charge in [-0.1, -0.05) is 6.07 Å². The summed E-state index contributed by atoms with van der Waals surface area (Å²) in [6.07, 6.45) is 6.74. The molecule has 0 spiro atoms. The number of aryl methyl sites for hydroxylation is 1. The molecule has 2 aliphatic rings. The second kappa shape index (κ2) is 3.06. The van der Waals surface area contributed by atoms with Crippen LogP contribution >= 0.6 is 0 Å². The second-order valence-corrected chi connectivity index (χ2v) is 4.45. The molecule has 3 unspecified atom stereocenters. The second-order valence-electron chi connectivity index (χ2n) is 4.45. The van der Waals surface area contributed by atoms with Crippen LogP contribution < -0.4 is 0 Å². The third-order valence-electron chi connectivity index (χ3n) is 3.47. The number of hydrogen-bond donors (Lipinski definition) is 0. The first-order valence-corrected chi connectivity index (χ1v) is 5.41. The first-order valence-electron chi connectivity index (χ1n) is 5.41. The minimum absolute atomic E-state index is 0.476. The Morgan fingerprint density at radius 1 is 1.36 bits per heavy atom. The van der Waals surface area contributed by atoms with E-state index in [2.05, 4.69) is 17.1 Å². The van der Waals surface area contributed by atoms with Crippen molar-refractivity contribution in [2.24, 2.45) is 0 Å². The van der Waals surface area contributed by atoms with Crippen LogP contribution in [0.3, 0.4) is 0 Å². The molecule has 0 radical (unpaired) electrons. The van der Waals surface area contributed by atoms with Crippen LogP contribution in [0.1, 0.15) is 36.4 Å². The van der Waals surface area contributed by atoms with Crippen molar-refractivity contribution in [3.63, 3.8) is 0 Å². The number of rotatable bonds is 1. The summed E-state index contributed by atoms with van der Waals surface area (Å²) in [4.78, 5) is 4.35. The molecule has 3 rings (SSSR count). The lowest BCUT2D eigenvalue weighted by Gasteiger charge is -2.18. The zero-order valence-electron chi connectivity index (χ0n) is 8.44. The summed E-state index contributed by atoms with van der Waals surface area (Å²) in [5, 5.41) is 0. The molecule has 2 nitrogen and oxygen atoms in total. The van der Waals surface area contributed by atoms with Crippen LogP contribution in [-0.4, -0.2) is 17.2 Å². The van der Waals surface area contributed by atoms with Gasteiger partial charge >= 0.3 is 0 Å². The van der Waals surface area contributed by atoms with Crippen molar-refractivity contribution in [2.45, 2.75) is 44.3 Å². The number of nitrogens with zero attached hydrogens (tertiary/aromatic N) is 1. The van der Waals surface area contributed by atoms with Crippen LogP contribution in [0.25, 0.3) is 0 Å². The number of hydrogen-bond acceptors (Lipinski definition) is 2. The van der Waals surface area contributed by atoms with Gasteiger partial charge in [-0.2, -0.15) is 0 Å². The zero-order valence-corrected chi connectivity index (χ0v) is 8.44. The average Bonchev–Trinajstić information content (AvgIpc) is 2.80. The van der Waals surface area contributed by atoms with Gasteiger partial charge in [0.2, 0.25) is 0 Å². The summed E-state index contributed by atoms with van der Waals surface area (Å²) in [6.45, 7) is 2.03. The van der Waals surface area contributed by atoms with Gasteiger partial charge in [0.05, 0.1) is 12.2 Å². The molecule has 2 fully saturated rings. The average molecular weight is 189 g/mol. The topological polar surface area (TPSA) is 22.1 Å². The molecule has 2 saturated heterocycles. The van der Waals surface area contributed by atoms with Crippen molar-refractivity contribution in [3.8, 4) is 0 Å². The summed E-state index contributed by atoms with van der Waals surface area (Å²) in [5.74, 6) is 0.613. The quantitative estimate of drug-likeness (QED) is 0.677. The Morgan fingerprint density at radius 3 is 2.86 bits per heavy atom. The van der Waals surface area contributed by atoms with Crippen molar-refractivity contribution in [1.29, 1.82) is 0 Å². The van der Waals surface area contributed by atoms with E-state index in [9.17, 15) is 0 Å². The van der Waals surface area contributed by atoms with E-state index in [0.29, 0.717) is 18.1 Å². The molecule has 2 heteroatoms. The van der Waals surface area contributed by atoms with Crippen molar-refractivity contribution in [2.75, 3.05) is 0 Å². The zero-order chi connectivity index (χ0) is 9.54. The fourth-order valence-electron chi connectivity index (χ4n) is 2.69. The standard InChI is InChI=1S/C12H15NO/c1-8-2-3-9(7-13-8)11-6-10-4-5-12(11)14-10/h2-3,7,10-12H,4-6H2,1H3. The van der Waals surface area contributed by atoms with E-state index in [0.717, 1.165) is 5.69 Å². The van der Waals surface area contributed by atoms with Crippen LogP contribution in [-0.2, 0) is 4.74 Å². The normalized spacial score (nSPS) is 35.1. The smallest absolute Gasteiger partial charge is 0.0649 e. The third kappa shape index (κ3) is 1.25. The number of aromatic nitrogens is 1. The Hall–Kier alpha value is -0.890. The molecule has 3 atom stereocenters. The molecule has 1 aromatic rings. The van der Waals surface area contributed by atoms with Crippen molar-refractivity contribution in [1.82, 2.24) is 4.98 Å². The molecule has 3 heterocycles. The summed E-state index contributed by atoms with van der Waals surface area (Å²) < 4.78 is 5.84. The largest absolute Gasteiger partial charge is 0.374 e. The van der Waals surface area contributed by atoms with E-state index in [-0.39, 0.29) is 0 Å². The van der Waals surface area contributed by atoms with Gasteiger partial charge < -0.3 is 4.74 Å². The highest BCUT2D eigenvalue weighted by Gasteiger charge is 2.41. The number of fused-ring (bicyclic) bond motifs is 2. The summed E-state index contributed by atoms with van der Waals surface area (Å²) in [6, 6.07) is 4.30. The summed E-state index contributed by atoms with van der Waals surface area (Å²) in [7, 11) is 0. The Labute approximate surface area is 84.3 Å². The number of ether oxygens (including phenoxy) is 1. The van der Waals surface area contributed by atoms with Gasteiger partial charge in [0.25, 0.3) is 0 Å². The van der Waals surface area contributed by atoms with Crippen molar-refractivity contribution < 1.29 is 4.74 Å². The lowest BCUT2D eigenvalue weighted by molar-refractivity contribution is 0.101. The highest BCUT2D eigenvalue weighted by Crippen LogP contribution is 2.44. The van der Waals surface area contributed by atoms with E-state index < -0.39 is 0 Å². The van der Waals surface area contributed by atoms with E-state index in [1.54, 1.807) is 0 Å². The molecule has 0 amide bonds. The number of pyridine rings is 1. The van der Waals surface area contributed by atoms with Gasteiger partial charge in [-0.05, 0) is 37.8 Å². The highest BCUT2D eigenvalue weighted by molar-refractivity contribution is 5.21. The molecule has 2 bridgehead atoms. The monoisotopic (exact) mass is 189 g/mol. The maximum Gasteiger partial charge on any atom is 0.0649 e. The Bertz CT molecular complexity index is 333. The van der Waals surface area contributed by atoms with Gasteiger partial charge in [-0.25, -0.2) is 0 Å². The Morgan fingerprint density at radius 2 is 2.29 bits per heavy atom. The van der Waals surface area contributed by atoms with E-state index in [1.807, 2.05) is 13.1 Å². The van der Waals surface area contributed by atoms with Gasteiger partial charge in [0.15, 0.2) is 0 Å². The molecular formula is C12H15NO. The minimum Gasteiger partial charge on any atom is -0.374 e. The molecule has 1 aromatic heterocycles. The summed E-state index contributed by atoms with van der Waals surface area (Å²) >= 11 is 0. The van der Waals surface area contributed by atoms with Crippen LogP contribution in [0, 0.1) is 6.92 Å². The maximum atomic E-state index is 5.84. The minimum atomic E-state index is 0.476. The van der Waals surface area contributed by atoms with Crippen LogP contribution in [0.4, 0.5) is 0 Å². The molecule has 14 heavy (non-hydrogen) atoms. The van der Waals surface area contributed by atoms with Gasteiger partial charge in [-0.15, -0.1) is 0 Å². The van der Waals surface area contributed by atoms with Crippen molar-refractivity contribution in [3.05, 3.63) is 29.6 Å². The fourth-order valence-corrected chi connectivity index (χ4v) is 2.69. The SMILES string of the molecule is Cc1ccc(C2CC3CCC2O3)cn1. The van der Waals surface area contributed by atoms with E-state index >= 15 is 0 Å². The maximum absolute atomic E-state index is 5.84. The highest BCUT2D eigenvalue weighted by atomic mass is 16.5. The van der Waals surface area contributed by atoms with Gasteiger partial charge in [0, 0.05) is 17.8 Å². The molecule has 0 aliphatic carbocycles. The Kier molecular flexibility index (Phi) is 1.84. The van der Waals surface area contributed by atoms with Crippen LogP contribution in [0.15, 0.2) is 18.3 Å². The third-order valence-corrected chi connectivity index (χ3v) is 3.47. The predicted octanol–water partition coefficient (Wildman–Crippen LogP) is 2.42. The molecule has 0 N–H and O–H groups in total. The molecule has 2 aliphatic heterocycles. The first kappa shape index (κ1) is 8.42. The lowest BCUT2D eigenvalue weighted by Crippen LogP contribution is -2.14. The Balaban J connectivity index is 1.86. The van der Waals surface area contributed by atoms with Crippen LogP contribution in [0.5, 0.6) is 0 Å². The van der Waals surface area contributed by atoms with E-state index in [1.165, 1.54) is 24.8 Å². The first-order chi connectivity index (χ1) is 6.83. The fraction of sp³-hybridized carbons (Fsp3) is 0.583. The molecule has 0 aromatic carbocycles. The predicted molar refractivity (Wildman–Crippen MR) is 54.2 cm³/mol. The van der Waals surface area contributed by atoms with Crippen LogP contribution in [0.2, 0.25) is 0 Å². The molecule has 74 valence electrons. The van der Waals surface area contributed by atoms with Crippen molar-refractivity contribution >= 4 is 0 Å². The summed E-state index contributed by atoms with van der Waals surface area (Å²) in [5.41, 5.74) is 2.46. The molecule has 0 saturated carbocycles. The lowest BCUT2D eigenvalue weighted by atomic mass is 9.85. The molecular weight excluding hydrogens is 174 g/mol. The van der Waals surface area contributed by atoms with Gasteiger partial charge in [-0.3, -0.25) is 4.98 Å². The van der Waals surface area contributed by atoms with Gasteiger partial charge in [0.1, 0.15) is 0 Å².